The molecule has 0 unspecified atom stereocenters. The first-order chi connectivity index (χ1) is 12.1. The third-order valence-corrected chi connectivity index (χ3v) is 3.90. The molecule has 7 heteroatoms. The molecule has 0 radical (unpaired) electrons. The summed E-state index contributed by atoms with van der Waals surface area (Å²) < 4.78 is 10.7. The molecule has 0 bridgehead atoms. The highest BCUT2D eigenvalue weighted by atomic mass is 16.6. The van der Waals surface area contributed by atoms with Gasteiger partial charge in [0.15, 0.2) is 11.5 Å². The zero-order valence-electron chi connectivity index (χ0n) is 13.7. The van der Waals surface area contributed by atoms with Crippen molar-refractivity contribution in [2.45, 2.75) is 6.61 Å². The number of nitro benzene ring substituents is 1. The summed E-state index contributed by atoms with van der Waals surface area (Å²) in [5.41, 5.74) is 1.81. The second-order valence-electron chi connectivity index (χ2n) is 5.35. The number of nitrogens with zero attached hydrogens (tertiary/aromatic N) is 2. The molecule has 0 saturated carbocycles. The average molecular weight is 340 g/mol. The number of fused-ring (bicyclic) bond motifs is 1. The average Bonchev–Trinajstić information content (AvgIpc) is 2.65. The Bertz CT molecular complexity index is 938. The number of hydrogen-bond donors (Lipinski definition) is 1. The molecule has 128 valence electrons. The van der Waals surface area contributed by atoms with E-state index in [1.54, 1.807) is 38.5 Å². The molecule has 1 aromatic heterocycles. The van der Waals surface area contributed by atoms with Gasteiger partial charge in [0.05, 0.1) is 37.1 Å². The van der Waals surface area contributed by atoms with Gasteiger partial charge in [0, 0.05) is 23.1 Å². The first kappa shape index (κ1) is 16.7. The van der Waals surface area contributed by atoms with Crippen molar-refractivity contribution < 1.29 is 19.5 Å². The smallest absolute Gasteiger partial charge is 0.269 e. The molecular formula is C18H16N2O5. The van der Waals surface area contributed by atoms with Gasteiger partial charge in [-0.05, 0) is 35.7 Å². The van der Waals surface area contributed by atoms with E-state index >= 15 is 0 Å². The number of non-ortho nitro benzene ring substituents is 1. The summed E-state index contributed by atoms with van der Waals surface area (Å²) in [7, 11) is 3.10. The fourth-order valence-corrected chi connectivity index (χ4v) is 2.68. The number of aromatic nitrogens is 1. The largest absolute Gasteiger partial charge is 0.493 e. The number of nitro groups is 1. The van der Waals surface area contributed by atoms with Crippen molar-refractivity contribution in [3.05, 3.63) is 58.3 Å². The van der Waals surface area contributed by atoms with Crippen molar-refractivity contribution in [2.24, 2.45) is 0 Å². The van der Waals surface area contributed by atoms with Gasteiger partial charge >= 0.3 is 0 Å². The molecule has 0 saturated heterocycles. The minimum absolute atomic E-state index is 0.00520. The lowest BCUT2D eigenvalue weighted by Gasteiger charge is -2.13. The summed E-state index contributed by atoms with van der Waals surface area (Å²) in [6.45, 7) is -0.218. The number of rotatable bonds is 5. The summed E-state index contributed by atoms with van der Waals surface area (Å²) in [5.74, 6) is 1.12. The van der Waals surface area contributed by atoms with Crippen molar-refractivity contribution in [3.63, 3.8) is 0 Å². The predicted molar refractivity (Wildman–Crippen MR) is 92.9 cm³/mol. The molecule has 0 fully saturated rings. The zero-order valence-corrected chi connectivity index (χ0v) is 13.7. The van der Waals surface area contributed by atoms with Gasteiger partial charge < -0.3 is 14.6 Å². The molecule has 2 aromatic carbocycles. The van der Waals surface area contributed by atoms with Crippen LogP contribution in [-0.2, 0) is 6.61 Å². The van der Waals surface area contributed by atoms with Crippen molar-refractivity contribution in [1.29, 1.82) is 0 Å². The quantitative estimate of drug-likeness (QED) is 0.565. The van der Waals surface area contributed by atoms with Gasteiger partial charge in [-0.3, -0.25) is 10.1 Å². The van der Waals surface area contributed by atoms with E-state index in [4.69, 9.17) is 9.47 Å². The number of benzene rings is 2. The van der Waals surface area contributed by atoms with Crippen LogP contribution < -0.4 is 9.47 Å². The van der Waals surface area contributed by atoms with E-state index in [2.05, 4.69) is 4.98 Å². The molecule has 0 aliphatic carbocycles. The first-order valence-electron chi connectivity index (χ1n) is 7.48. The molecule has 0 aliphatic heterocycles. The highest BCUT2D eigenvalue weighted by Crippen LogP contribution is 2.37. The number of pyridine rings is 1. The van der Waals surface area contributed by atoms with Crippen LogP contribution in [0.1, 0.15) is 5.69 Å². The summed E-state index contributed by atoms with van der Waals surface area (Å²) in [5, 5.41) is 22.0. The van der Waals surface area contributed by atoms with Crippen LogP contribution in [0.3, 0.4) is 0 Å². The Morgan fingerprint density at radius 2 is 1.72 bits per heavy atom. The number of ether oxygens (including phenoxy) is 2. The minimum atomic E-state index is -0.451. The Morgan fingerprint density at radius 1 is 1.08 bits per heavy atom. The minimum Gasteiger partial charge on any atom is -0.493 e. The van der Waals surface area contributed by atoms with Crippen LogP contribution in [0.4, 0.5) is 5.69 Å². The van der Waals surface area contributed by atoms with E-state index in [0.717, 1.165) is 10.8 Å². The maximum atomic E-state index is 10.8. The van der Waals surface area contributed by atoms with Crippen molar-refractivity contribution in [1.82, 2.24) is 4.98 Å². The van der Waals surface area contributed by atoms with Crippen molar-refractivity contribution in [3.8, 4) is 22.8 Å². The summed E-state index contributed by atoms with van der Waals surface area (Å²) in [4.78, 5) is 14.9. The Hall–Kier alpha value is -3.19. The van der Waals surface area contributed by atoms with Crippen LogP contribution in [0.5, 0.6) is 11.5 Å². The Kier molecular flexibility index (Phi) is 4.49. The van der Waals surface area contributed by atoms with E-state index in [9.17, 15) is 15.2 Å². The maximum Gasteiger partial charge on any atom is 0.269 e. The topological polar surface area (TPSA) is 94.7 Å². The molecule has 0 aliphatic rings. The molecule has 0 spiro atoms. The number of aliphatic hydroxyl groups excluding tert-OH is 1. The van der Waals surface area contributed by atoms with Gasteiger partial charge in [-0.15, -0.1) is 0 Å². The van der Waals surface area contributed by atoms with Crippen LogP contribution in [0.2, 0.25) is 0 Å². The number of aliphatic hydroxyl groups is 1. The van der Waals surface area contributed by atoms with Crippen LogP contribution in [0, 0.1) is 10.1 Å². The molecule has 1 heterocycles. The van der Waals surface area contributed by atoms with E-state index in [1.165, 1.54) is 12.1 Å². The van der Waals surface area contributed by atoms with Crippen LogP contribution in [0.25, 0.3) is 22.0 Å². The zero-order chi connectivity index (χ0) is 18.0. The molecule has 1 N–H and O–H groups in total. The lowest BCUT2D eigenvalue weighted by atomic mass is 10.0. The SMILES string of the molecule is COc1cc2cc(CO)nc(-c3ccc([N+](=O)[O-])cc3)c2cc1OC. The molecule has 25 heavy (non-hydrogen) atoms. The van der Waals surface area contributed by atoms with Gasteiger partial charge in [-0.2, -0.15) is 0 Å². The summed E-state index contributed by atoms with van der Waals surface area (Å²) in [6.07, 6.45) is 0. The highest BCUT2D eigenvalue weighted by molar-refractivity contribution is 5.97. The fourth-order valence-electron chi connectivity index (χ4n) is 2.68. The lowest BCUT2D eigenvalue weighted by Crippen LogP contribution is -1.97. The summed E-state index contributed by atoms with van der Waals surface area (Å²) in [6, 6.07) is 11.5. The van der Waals surface area contributed by atoms with Gasteiger partial charge in [-0.1, -0.05) is 0 Å². The Balaban J connectivity index is 2.26. The fraction of sp³-hybridized carbons (Fsp3) is 0.167. The van der Waals surface area contributed by atoms with Crippen LogP contribution in [0.15, 0.2) is 42.5 Å². The first-order valence-corrected chi connectivity index (χ1v) is 7.48. The van der Waals surface area contributed by atoms with Crippen molar-refractivity contribution in [2.75, 3.05) is 14.2 Å². The molecule has 7 nitrogen and oxygen atoms in total. The van der Waals surface area contributed by atoms with Gasteiger partial charge in [0.25, 0.3) is 5.69 Å². The Morgan fingerprint density at radius 3 is 2.28 bits per heavy atom. The predicted octanol–water partition coefficient (Wildman–Crippen LogP) is 3.32. The number of methoxy groups -OCH3 is 2. The monoisotopic (exact) mass is 340 g/mol. The standard InChI is InChI=1S/C18H16N2O5/c1-24-16-8-12-7-13(10-21)19-18(15(12)9-17(16)25-2)11-3-5-14(6-4-11)20(22)23/h3-9,21H,10H2,1-2H3. The third kappa shape index (κ3) is 3.09. The van der Waals surface area contributed by atoms with Crippen LogP contribution in [-0.4, -0.2) is 29.2 Å². The number of hydrogen-bond acceptors (Lipinski definition) is 6. The Labute approximate surface area is 143 Å². The second-order valence-corrected chi connectivity index (χ2v) is 5.35. The molecule has 0 atom stereocenters. The molecule has 3 aromatic rings. The highest BCUT2D eigenvalue weighted by Gasteiger charge is 2.14. The van der Waals surface area contributed by atoms with Gasteiger partial charge in [-0.25, -0.2) is 4.98 Å². The van der Waals surface area contributed by atoms with E-state index in [-0.39, 0.29) is 12.3 Å². The van der Waals surface area contributed by atoms with E-state index < -0.39 is 4.92 Å². The summed E-state index contributed by atoms with van der Waals surface area (Å²) >= 11 is 0. The maximum absolute atomic E-state index is 10.8. The molecular weight excluding hydrogens is 324 g/mol. The third-order valence-electron chi connectivity index (χ3n) is 3.90. The van der Waals surface area contributed by atoms with Gasteiger partial charge in [0.1, 0.15) is 0 Å². The normalized spacial score (nSPS) is 10.7. The van der Waals surface area contributed by atoms with E-state index in [0.29, 0.717) is 28.5 Å². The van der Waals surface area contributed by atoms with Crippen LogP contribution >= 0.6 is 0 Å². The van der Waals surface area contributed by atoms with E-state index in [1.807, 2.05) is 6.07 Å². The van der Waals surface area contributed by atoms with Crippen molar-refractivity contribution >= 4 is 16.5 Å². The molecule has 3 rings (SSSR count). The second kappa shape index (κ2) is 6.74. The lowest BCUT2D eigenvalue weighted by molar-refractivity contribution is -0.384. The molecule has 0 amide bonds. The van der Waals surface area contributed by atoms with Gasteiger partial charge in [0.2, 0.25) is 0 Å².